The van der Waals surface area contributed by atoms with Crippen molar-refractivity contribution in [2.24, 2.45) is 11.7 Å². The highest BCUT2D eigenvalue weighted by Crippen LogP contribution is 2.47. The molecule has 5 heterocycles. The van der Waals surface area contributed by atoms with Crippen molar-refractivity contribution in [1.82, 2.24) is 20.2 Å². The highest BCUT2D eigenvalue weighted by atomic mass is 35.5. The molecular weight excluding hydrogens is 703 g/mol. The van der Waals surface area contributed by atoms with Crippen LogP contribution < -0.4 is 20.5 Å². The van der Waals surface area contributed by atoms with Gasteiger partial charge in [-0.2, -0.15) is 0 Å². The molecular formula is C39H36ClFN6O4S. The first-order valence-corrected chi connectivity index (χ1v) is 18.4. The van der Waals surface area contributed by atoms with Crippen LogP contribution >= 0.6 is 22.9 Å². The highest BCUT2D eigenvalue weighted by molar-refractivity contribution is 7.23. The number of rotatable bonds is 10. The van der Waals surface area contributed by atoms with Gasteiger partial charge in [-0.05, 0) is 66.5 Å². The Bertz CT molecular complexity index is 2380. The number of nitrogens with zero attached hydrogens (tertiary/aromatic N) is 4. The summed E-state index contributed by atoms with van der Waals surface area (Å²) in [5.74, 6) is 1.53. The molecule has 1 aliphatic carbocycles. The van der Waals surface area contributed by atoms with Crippen LogP contribution in [0.25, 0.3) is 32.0 Å². The monoisotopic (exact) mass is 738 g/mol. The number of nitrogens with one attached hydrogen (secondary N) is 1. The van der Waals surface area contributed by atoms with Crippen LogP contribution in [0.3, 0.4) is 0 Å². The molecule has 13 heteroatoms. The number of thiophene rings is 1. The van der Waals surface area contributed by atoms with Gasteiger partial charge in [-0.1, -0.05) is 37.6 Å². The number of aromatic nitrogens is 4. The lowest BCUT2D eigenvalue weighted by molar-refractivity contribution is 0.0999. The zero-order chi connectivity index (χ0) is 36.3. The van der Waals surface area contributed by atoms with Gasteiger partial charge in [-0.3, -0.25) is 9.78 Å². The van der Waals surface area contributed by atoms with Gasteiger partial charge >= 0.3 is 0 Å². The van der Waals surface area contributed by atoms with Crippen molar-refractivity contribution in [3.8, 4) is 33.4 Å². The minimum Gasteiger partial charge on any atom is -0.493 e. The zero-order valence-corrected chi connectivity index (χ0v) is 30.6. The first kappa shape index (κ1) is 34.0. The van der Waals surface area contributed by atoms with E-state index in [1.54, 1.807) is 13.1 Å². The van der Waals surface area contributed by atoms with E-state index in [1.165, 1.54) is 24.5 Å². The molecule has 266 valence electrons. The Labute approximate surface area is 308 Å². The molecule has 2 aromatic carbocycles. The summed E-state index contributed by atoms with van der Waals surface area (Å²) in [7, 11) is 1.49. The molecule has 10 nitrogen and oxygen atoms in total. The third-order valence-corrected chi connectivity index (χ3v) is 11.1. The van der Waals surface area contributed by atoms with Gasteiger partial charge in [0.15, 0.2) is 11.6 Å². The molecule has 2 aliphatic rings. The molecule has 8 rings (SSSR count). The first-order valence-electron chi connectivity index (χ1n) is 17.2. The Kier molecular flexibility index (Phi) is 8.83. The summed E-state index contributed by atoms with van der Waals surface area (Å²) in [5, 5.41) is 13.8. The van der Waals surface area contributed by atoms with Crippen LogP contribution in [0, 0.1) is 18.7 Å². The van der Waals surface area contributed by atoms with E-state index < -0.39 is 5.91 Å². The van der Waals surface area contributed by atoms with Crippen LogP contribution in [-0.4, -0.2) is 39.8 Å². The lowest BCUT2D eigenvalue weighted by Gasteiger charge is -2.20. The molecule has 2 atom stereocenters. The molecule has 0 bridgehead atoms. The Morgan fingerprint density at radius 2 is 1.96 bits per heavy atom. The van der Waals surface area contributed by atoms with Gasteiger partial charge in [0.1, 0.15) is 11.6 Å². The quantitative estimate of drug-likeness (QED) is 0.141. The van der Waals surface area contributed by atoms with E-state index >= 15 is 0 Å². The van der Waals surface area contributed by atoms with Crippen molar-refractivity contribution < 1.29 is 23.1 Å². The number of halogens is 2. The molecule has 52 heavy (non-hydrogen) atoms. The van der Waals surface area contributed by atoms with Crippen molar-refractivity contribution in [3.05, 3.63) is 99.0 Å². The van der Waals surface area contributed by atoms with Gasteiger partial charge < -0.3 is 24.9 Å². The number of hydrogen-bond donors (Lipinski definition) is 2. The molecule has 0 fully saturated rings. The van der Waals surface area contributed by atoms with Crippen LogP contribution in [0.1, 0.15) is 76.6 Å². The van der Waals surface area contributed by atoms with E-state index in [-0.39, 0.29) is 35.3 Å². The number of carbonyl (C=O) groups excluding carboxylic acids is 1. The third kappa shape index (κ3) is 6.03. The van der Waals surface area contributed by atoms with Crippen molar-refractivity contribution in [1.29, 1.82) is 0 Å². The number of ether oxygens (including phenoxy) is 2. The van der Waals surface area contributed by atoms with Crippen molar-refractivity contribution in [3.63, 3.8) is 0 Å². The van der Waals surface area contributed by atoms with Crippen LogP contribution in [0.2, 0.25) is 5.02 Å². The minimum absolute atomic E-state index is 0.0366. The second-order valence-electron chi connectivity index (χ2n) is 13.7. The predicted octanol–water partition coefficient (Wildman–Crippen LogP) is 8.63. The number of benzene rings is 2. The van der Waals surface area contributed by atoms with Crippen LogP contribution in [-0.2, 0) is 19.3 Å². The van der Waals surface area contributed by atoms with Gasteiger partial charge in [0.2, 0.25) is 11.8 Å². The predicted molar refractivity (Wildman–Crippen MR) is 199 cm³/mol. The molecule has 0 saturated heterocycles. The molecule has 0 spiro atoms. The molecule has 1 aliphatic heterocycles. The number of nitrogens with two attached hydrogens (primary N) is 1. The highest BCUT2D eigenvalue weighted by Gasteiger charge is 2.33. The number of amides is 1. The smallest absolute Gasteiger partial charge is 0.251 e. The summed E-state index contributed by atoms with van der Waals surface area (Å²) >= 11 is 7.78. The standard InChI is InChI=1S/C39H36ClFN6O4S/c1-18(2)13-28-32(37(42)48)34(33(39-47-46-19(3)51-39)29(44-28)14-21-17-50-30-16-22(40)5-6-23(21)30)31-15-20-11-12-43-38(36(20)52-31)45-27-10-8-25-24(27)7-9-26(41)35(25)49-4/h5-7,9,11-12,15-16,18,21,27H,8,10,13-14,17H2,1-4H3,(H2,42,48)(H,43,45)/t21-,27+/m1/s1. The third-order valence-electron chi connectivity index (χ3n) is 9.73. The Balaban J connectivity index is 1.30. The lowest BCUT2D eigenvalue weighted by Crippen LogP contribution is -2.20. The van der Waals surface area contributed by atoms with E-state index in [1.807, 2.05) is 36.4 Å². The first-order chi connectivity index (χ1) is 25.1. The topological polar surface area (TPSA) is 138 Å². The summed E-state index contributed by atoms with van der Waals surface area (Å²) in [6.07, 6.45) is 4.19. The van der Waals surface area contributed by atoms with Crippen molar-refractivity contribution in [2.75, 3.05) is 19.0 Å². The average Bonchev–Trinajstić information content (AvgIpc) is 3.91. The summed E-state index contributed by atoms with van der Waals surface area (Å²) in [5.41, 5.74) is 11.9. The number of hydrogen-bond acceptors (Lipinski definition) is 10. The molecule has 6 aromatic rings. The maximum absolute atomic E-state index is 14.5. The second kappa shape index (κ2) is 13.5. The maximum Gasteiger partial charge on any atom is 0.251 e. The Morgan fingerprint density at radius 1 is 1.13 bits per heavy atom. The summed E-state index contributed by atoms with van der Waals surface area (Å²) in [6.45, 7) is 6.34. The van der Waals surface area contributed by atoms with E-state index in [4.69, 9.17) is 41.2 Å². The molecule has 0 unspecified atom stereocenters. The van der Waals surface area contributed by atoms with Crippen LogP contribution in [0.5, 0.6) is 11.5 Å². The fourth-order valence-electron chi connectivity index (χ4n) is 7.53. The lowest BCUT2D eigenvalue weighted by atomic mass is 9.88. The Hall–Kier alpha value is -5.07. The fraction of sp³-hybridized carbons (Fsp3) is 0.308. The van der Waals surface area contributed by atoms with Gasteiger partial charge in [0, 0.05) is 52.0 Å². The van der Waals surface area contributed by atoms with Gasteiger partial charge in [0.25, 0.3) is 5.91 Å². The number of anilines is 1. The SMILES string of the molecule is COc1c(F)ccc2c1CC[C@@H]2Nc1nccc2cc(-c3c(C(N)=O)c(CC(C)C)nc(C[C@@H]4COc5cc(Cl)ccc54)c3-c3nnc(C)o3)sc12. The van der Waals surface area contributed by atoms with Crippen molar-refractivity contribution in [2.45, 2.75) is 58.4 Å². The van der Waals surface area contributed by atoms with Crippen molar-refractivity contribution >= 4 is 44.7 Å². The number of aryl methyl sites for hydroxylation is 1. The average molecular weight is 739 g/mol. The van der Waals surface area contributed by atoms with Gasteiger partial charge in [0.05, 0.1) is 47.0 Å². The number of primary amides is 1. The molecule has 1 amide bonds. The van der Waals surface area contributed by atoms with E-state index in [2.05, 4.69) is 29.4 Å². The van der Waals surface area contributed by atoms with Gasteiger partial charge in [-0.15, -0.1) is 21.5 Å². The number of pyridine rings is 2. The van der Waals surface area contributed by atoms with E-state index in [0.29, 0.717) is 70.7 Å². The maximum atomic E-state index is 14.5. The largest absolute Gasteiger partial charge is 0.493 e. The second-order valence-corrected chi connectivity index (χ2v) is 15.2. The summed E-state index contributed by atoms with van der Waals surface area (Å²) < 4.78 is 33.0. The molecule has 3 N–H and O–H groups in total. The van der Waals surface area contributed by atoms with Crippen LogP contribution in [0.4, 0.5) is 10.2 Å². The van der Waals surface area contributed by atoms with Crippen LogP contribution in [0.15, 0.2) is 53.1 Å². The van der Waals surface area contributed by atoms with E-state index in [9.17, 15) is 9.18 Å². The molecule has 0 saturated carbocycles. The minimum atomic E-state index is -0.593. The molecule has 4 aromatic heterocycles. The Morgan fingerprint density at radius 3 is 2.71 bits per heavy atom. The normalized spacial score (nSPS) is 16.3. The fourth-order valence-corrected chi connectivity index (χ4v) is 8.86. The summed E-state index contributed by atoms with van der Waals surface area (Å²) in [6, 6.07) is 12.8. The van der Waals surface area contributed by atoms with Gasteiger partial charge in [-0.25, -0.2) is 9.37 Å². The van der Waals surface area contributed by atoms with E-state index in [0.717, 1.165) is 43.8 Å². The zero-order valence-electron chi connectivity index (χ0n) is 29.0. The molecule has 0 radical (unpaired) electrons. The number of methoxy groups -OCH3 is 1. The summed E-state index contributed by atoms with van der Waals surface area (Å²) in [4.78, 5) is 24.3. The number of fused-ring (bicyclic) bond motifs is 3. The number of carbonyl (C=O) groups is 1.